The van der Waals surface area contributed by atoms with Gasteiger partial charge in [-0.3, -0.25) is 10.3 Å². The van der Waals surface area contributed by atoms with E-state index in [0.717, 1.165) is 0 Å². The van der Waals surface area contributed by atoms with Crippen LogP contribution in [-0.4, -0.2) is 29.5 Å². The van der Waals surface area contributed by atoms with Gasteiger partial charge in [-0.05, 0) is 25.5 Å². The number of alkyl halides is 3. The van der Waals surface area contributed by atoms with Gasteiger partial charge in [0.25, 0.3) is 0 Å². The lowest BCUT2D eigenvalue weighted by Gasteiger charge is -2.27. The summed E-state index contributed by atoms with van der Waals surface area (Å²) >= 11 is 6.03. The Morgan fingerprint density at radius 3 is 2.40 bits per heavy atom. The molecule has 0 aliphatic heterocycles. The average molecular weight is 308 g/mol. The maximum Gasteiger partial charge on any atom is 0.401 e. The van der Waals surface area contributed by atoms with Gasteiger partial charge in [0.1, 0.15) is 5.84 Å². The molecule has 0 aliphatic rings. The molecule has 7 heteroatoms. The monoisotopic (exact) mass is 307 g/mol. The maximum absolute atomic E-state index is 12.5. The molecule has 0 spiro atoms. The highest BCUT2D eigenvalue weighted by Crippen LogP contribution is 2.24. The third-order valence-corrected chi connectivity index (χ3v) is 3.20. The van der Waals surface area contributed by atoms with E-state index in [9.17, 15) is 13.2 Å². The molecule has 0 fully saturated rings. The van der Waals surface area contributed by atoms with Crippen LogP contribution in [0.25, 0.3) is 0 Å². The van der Waals surface area contributed by atoms with Crippen molar-refractivity contribution in [2.45, 2.75) is 32.6 Å². The Balaban J connectivity index is 2.92. The fraction of sp³-hybridized carbons (Fsp3) is 0.462. The van der Waals surface area contributed by atoms with E-state index in [2.05, 4.69) is 0 Å². The first-order chi connectivity index (χ1) is 9.10. The second-order valence-electron chi connectivity index (χ2n) is 4.83. The van der Waals surface area contributed by atoms with Crippen LogP contribution in [0.15, 0.2) is 18.2 Å². The molecule has 3 N–H and O–H groups in total. The first-order valence-electron chi connectivity index (χ1n) is 6.04. The molecule has 0 bridgehead atoms. The van der Waals surface area contributed by atoms with Crippen LogP contribution in [0.2, 0.25) is 5.02 Å². The SMILES string of the molecule is CC(C)N(Cc1ccc(C(=N)N)cc1Cl)CC(F)(F)F. The summed E-state index contributed by atoms with van der Waals surface area (Å²) in [6.45, 7) is 2.50. The summed E-state index contributed by atoms with van der Waals surface area (Å²) in [6, 6.07) is 4.41. The van der Waals surface area contributed by atoms with E-state index in [1.54, 1.807) is 26.0 Å². The molecule has 0 aliphatic carbocycles. The predicted molar refractivity (Wildman–Crippen MR) is 74.1 cm³/mol. The summed E-state index contributed by atoms with van der Waals surface area (Å²) in [5.41, 5.74) is 6.36. The number of rotatable bonds is 5. The summed E-state index contributed by atoms with van der Waals surface area (Å²) in [6.07, 6.45) is -4.25. The molecule has 20 heavy (non-hydrogen) atoms. The second-order valence-corrected chi connectivity index (χ2v) is 5.24. The lowest BCUT2D eigenvalue weighted by atomic mass is 10.1. The number of halogens is 4. The third kappa shape index (κ3) is 5.02. The fourth-order valence-corrected chi connectivity index (χ4v) is 1.95. The van der Waals surface area contributed by atoms with Crippen molar-refractivity contribution >= 4 is 17.4 Å². The second kappa shape index (κ2) is 6.45. The number of nitrogen functional groups attached to an aromatic ring is 1. The number of benzene rings is 1. The summed E-state index contributed by atoms with van der Waals surface area (Å²) < 4.78 is 37.6. The summed E-state index contributed by atoms with van der Waals surface area (Å²) in [5, 5.41) is 7.60. The van der Waals surface area contributed by atoms with Gasteiger partial charge in [0.2, 0.25) is 0 Å². The van der Waals surface area contributed by atoms with E-state index >= 15 is 0 Å². The smallest absolute Gasteiger partial charge is 0.384 e. The molecule has 0 saturated heterocycles. The topological polar surface area (TPSA) is 53.1 Å². The minimum Gasteiger partial charge on any atom is -0.384 e. The predicted octanol–water partition coefficient (Wildman–Crippen LogP) is 3.40. The molecule has 1 aromatic rings. The molecule has 3 nitrogen and oxygen atoms in total. The first kappa shape index (κ1) is 16.8. The third-order valence-electron chi connectivity index (χ3n) is 2.85. The summed E-state index contributed by atoms with van der Waals surface area (Å²) in [4.78, 5) is 1.29. The van der Waals surface area contributed by atoms with Crippen molar-refractivity contribution in [1.82, 2.24) is 4.90 Å². The van der Waals surface area contributed by atoms with Crippen LogP contribution < -0.4 is 5.73 Å². The van der Waals surface area contributed by atoms with E-state index in [0.29, 0.717) is 16.1 Å². The van der Waals surface area contributed by atoms with Crippen LogP contribution in [-0.2, 0) is 6.54 Å². The van der Waals surface area contributed by atoms with Gasteiger partial charge in [-0.15, -0.1) is 0 Å². The van der Waals surface area contributed by atoms with E-state index in [1.807, 2.05) is 0 Å². The fourth-order valence-electron chi connectivity index (χ4n) is 1.71. The van der Waals surface area contributed by atoms with Crippen LogP contribution in [0, 0.1) is 5.41 Å². The molecule has 0 amide bonds. The minimum atomic E-state index is -4.25. The largest absolute Gasteiger partial charge is 0.401 e. The highest BCUT2D eigenvalue weighted by atomic mass is 35.5. The van der Waals surface area contributed by atoms with Crippen LogP contribution in [0.4, 0.5) is 13.2 Å². The van der Waals surface area contributed by atoms with Crippen LogP contribution in [0.3, 0.4) is 0 Å². The van der Waals surface area contributed by atoms with Crippen molar-refractivity contribution in [2.75, 3.05) is 6.54 Å². The number of nitrogens with zero attached hydrogens (tertiary/aromatic N) is 1. The molecular weight excluding hydrogens is 291 g/mol. The van der Waals surface area contributed by atoms with Gasteiger partial charge in [0.15, 0.2) is 0 Å². The van der Waals surface area contributed by atoms with Gasteiger partial charge in [0, 0.05) is 23.2 Å². The lowest BCUT2D eigenvalue weighted by molar-refractivity contribution is -0.150. The molecule has 0 radical (unpaired) electrons. The average Bonchev–Trinajstić information content (AvgIpc) is 2.28. The highest BCUT2D eigenvalue weighted by molar-refractivity contribution is 6.31. The molecule has 1 aromatic carbocycles. The van der Waals surface area contributed by atoms with Gasteiger partial charge >= 0.3 is 6.18 Å². The number of nitrogens with two attached hydrogens (primary N) is 1. The van der Waals surface area contributed by atoms with Gasteiger partial charge in [-0.25, -0.2) is 0 Å². The van der Waals surface area contributed by atoms with E-state index in [1.165, 1.54) is 11.0 Å². The molecule has 1 rings (SSSR count). The molecule has 0 unspecified atom stereocenters. The van der Waals surface area contributed by atoms with Crippen molar-refractivity contribution in [3.05, 3.63) is 34.3 Å². The van der Waals surface area contributed by atoms with E-state index in [-0.39, 0.29) is 18.4 Å². The zero-order valence-electron chi connectivity index (χ0n) is 11.3. The number of hydrogen-bond acceptors (Lipinski definition) is 2. The van der Waals surface area contributed by atoms with E-state index in [4.69, 9.17) is 22.7 Å². The Kier molecular flexibility index (Phi) is 5.42. The minimum absolute atomic E-state index is 0.0915. The van der Waals surface area contributed by atoms with Crippen molar-refractivity contribution < 1.29 is 13.2 Å². The molecule has 0 aromatic heterocycles. The molecular formula is C13H17ClF3N3. The van der Waals surface area contributed by atoms with Crippen LogP contribution in [0.5, 0.6) is 0 Å². The quantitative estimate of drug-likeness (QED) is 0.647. The first-order valence-corrected chi connectivity index (χ1v) is 6.41. The van der Waals surface area contributed by atoms with Crippen molar-refractivity contribution in [1.29, 1.82) is 5.41 Å². The van der Waals surface area contributed by atoms with Crippen LogP contribution >= 0.6 is 11.6 Å². The summed E-state index contributed by atoms with van der Waals surface area (Å²) in [7, 11) is 0. The number of nitrogens with one attached hydrogen (secondary N) is 1. The normalized spacial score (nSPS) is 12.2. The van der Waals surface area contributed by atoms with Gasteiger partial charge < -0.3 is 5.73 Å². The molecule has 0 saturated carbocycles. The number of amidine groups is 1. The van der Waals surface area contributed by atoms with Crippen molar-refractivity contribution in [3.63, 3.8) is 0 Å². The summed E-state index contributed by atoms with van der Waals surface area (Å²) in [5.74, 6) is -0.130. The standard InChI is InChI=1S/C13H17ClF3N3/c1-8(2)20(7-13(15,16)17)6-10-4-3-9(12(18)19)5-11(10)14/h3-5,8H,6-7H2,1-2H3,(H3,18,19). The Morgan fingerprint density at radius 2 is 2.00 bits per heavy atom. The molecule has 112 valence electrons. The van der Waals surface area contributed by atoms with Gasteiger partial charge in [-0.2, -0.15) is 13.2 Å². The zero-order valence-corrected chi connectivity index (χ0v) is 12.0. The Morgan fingerprint density at radius 1 is 1.40 bits per heavy atom. The van der Waals surface area contributed by atoms with Crippen molar-refractivity contribution in [2.24, 2.45) is 5.73 Å². The van der Waals surface area contributed by atoms with Gasteiger partial charge in [0.05, 0.1) is 6.54 Å². The lowest BCUT2D eigenvalue weighted by Crippen LogP contribution is -2.38. The maximum atomic E-state index is 12.5. The van der Waals surface area contributed by atoms with Crippen LogP contribution in [0.1, 0.15) is 25.0 Å². The molecule has 0 atom stereocenters. The Hall–Kier alpha value is -1.27. The van der Waals surface area contributed by atoms with Gasteiger partial charge in [-0.1, -0.05) is 23.7 Å². The van der Waals surface area contributed by atoms with Crippen molar-refractivity contribution in [3.8, 4) is 0 Å². The Labute approximate surface area is 121 Å². The highest BCUT2D eigenvalue weighted by Gasteiger charge is 2.31. The molecule has 0 heterocycles. The van der Waals surface area contributed by atoms with E-state index < -0.39 is 12.7 Å². The number of hydrogen-bond donors (Lipinski definition) is 2. The zero-order chi connectivity index (χ0) is 15.5. The Bertz CT molecular complexity index is 486.